The molecule has 0 spiro atoms. The number of rotatable bonds is 0. The van der Waals surface area contributed by atoms with Gasteiger partial charge in [0.1, 0.15) is 12.3 Å². The van der Waals surface area contributed by atoms with E-state index in [1.165, 1.54) is 57.8 Å². The Labute approximate surface area is 104 Å². The minimum Gasteiger partial charge on any atom is -0.351 e. The van der Waals surface area contributed by atoms with E-state index in [-0.39, 0.29) is 11.8 Å². The van der Waals surface area contributed by atoms with Gasteiger partial charge in [-0.1, -0.05) is 51.4 Å². The van der Waals surface area contributed by atoms with Gasteiger partial charge in [0.15, 0.2) is 0 Å². The number of hydrogen-bond donors (Lipinski definition) is 2. The summed E-state index contributed by atoms with van der Waals surface area (Å²) in [4.78, 5) is 0. The summed E-state index contributed by atoms with van der Waals surface area (Å²) in [6, 6.07) is 0.505. The third-order valence-corrected chi connectivity index (χ3v) is 4.89. The molecule has 4 unspecified atom stereocenters. The van der Waals surface area contributed by atoms with Crippen LogP contribution in [-0.4, -0.2) is 23.9 Å². The normalized spacial score (nSPS) is 47.5. The molecule has 2 heterocycles. The Morgan fingerprint density at radius 2 is 1.59 bits per heavy atom. The first-order chi connectivity index (χ1) is 8.31. The molecule has 2 aliphatic heterocycles. The fraction of sp³-hybridized carbons (Fsp3) is 1.00. The molecule has 4 atom stereocenters. The molecule has 1 saturated carbocycles. The molecule has 3 fully saturated rings. The summed E-state index contributed by atoms with van der Waals surface area (Å²) in [5, 5.41) is 3.58. The predicted molar refractivity (Wildman–Crippen MR) is 68.7 cm³/mol. The van der Waals surface area contributed by atoms with Crippen molar-refractivity contribution in [3.8, 4) is 0 Å². The molecule has 3 heteroatoms. The van der Waals surface area contributed by atoms with E-state index in [1.54, 1.807) is 0 Å². The first kappa shape index (κ1) is 11.9. The van der Waals surface area contributed by atoms with Gasteiger partial charge in [0.05, 0.1) is 5.54 Å². The van der Waals surface area contributed by atoms with Gasteiger partial charge < -0.3 is 10.5 Å². The molecule has 3 aliphatic rings. The fourth-order valence-electron chi connectivity index (χ4n) is 3.71. The minimum atomic E-state index is -0.0656. The van der Waals surface area contributed by atoms with Gasteiger partial charge in [-0.2, -0.15) is 0 Å². The van der Waals surface area contributed by atoms with E-state index in [9.17, 15) is 0 Å². The number of epoxide rings is 1. The first-order valence-corrected chi connectivity index (χ1v) is 7.51. The lowest BCUT2D eigenvalue weighted by atomic mass is 9.82. The predicted octanol–water partition coefficient (Wildman–Crippen LogP) is 2.30. The van der Waals surface area contributed by atoms with Gasteiger partial charge in [-0.15, -0.1) is 0 Å². The Balaban J connectivity index is 1.62. The third-order valence-electron chi connectivity index (χ3n) is 4.89. The van der Waals surface area contributed by atoms with Crippen molar-refractivity contribution in [2.45, 2.75) is 88.1 Å². The zero-order valence-electron chi connectivity index (χ0n) is 10.8. The number of hydrogen-bond acceptors (Lipinski definition) is 3. The molecule has 98 valence electrons. The third kappa shape index (κ3) is 2.38. The highest BCUT2D eigenvalue weighted by Crippen LogP contribution is 2.43. The van der Waals surface area contributed by atoms with Crippen LogP contribution in [0.2, 0.25) is 0 Å². The van der Waals surface area contributed by atoms with Crippen LogP contribution < -0.4 is 11.1 Å². The summed E-state index contributed by atoms with van der Waals surface area (Å²) in [7, 11) is 0. The van der Waals surface area contributed by atoms with Gasteiger partial charge in [-0.3, -0.25) is 5.32 Å². The van der Waals surface area contributed by atoms with Crippen molar-refractivity contribution in [1.82, 2.24) is 5.32 Å². The summed E-state index contributed by atoms with van der Waals surface area (Å²) >= 11 is 0. The van der Waals surface area contributed by atoms with E-state index >= 15 is 0 Å². The van der Waals surface area contributed by atoms with Crippen LogP contribution in [0.3, 0.4) is 0 Å². The Morgan fingerprint density at radius 1 is 0.941 bits per heavy atom. The highest BCUT2D eigenvalue weighted by molar-refractivity contribution is 5.17. The molecule has 3 N–H and O–H groups in total. The summed E-state index contributed by atoms with van der Waals surface area (Å²) in [6.45, 7) is 0. The van der Waals surface area contributed by atoms with E-state index in [0.717, 1.165) is 6.42 Å². The Bertz CT molecular complexity index is 271. The first-order valence-electron chi connectivity index (χ1n) is 7.51. The van der Waals surface area contributed by atoms with E-state index in [2.05, 4.69) is 5.32 Å². The number of ether oxygens (including phenoxy) is 1. The Morgan fingerprint density at radius 3 is 2.35 bits per heavy atom. The highest BCUT2D eigenvalue weighted by atomic mass is 16.6. The molecule has 17 heavy (non-hydrogen) atoms. The molecule has 0 bridgehead atoms. The summed E-state index contributed by atoms with van der Waals surface area (Å²) in [5.74, 6) is 0. The van der Waals surface area contributed by atoms with Gasteiger partial charge in [-0.25, -0.2) is 0 Å². The lowest BCUT2D eigenvalue weighted by Gasteiger charge is -2.33. The molecule has 0 aromatic carbocycles. The monoisotopic (exact) mass is 238 g/mol. The highest BCUT2D eigenvalue weighted by Gasteiger charge is 2.62. The summed E-state index contributed by atoms with van der Waals surface area (Å²) < 4.78 is 5.61. The van der Waals surface area contributed by atoms with E-state index in [0.29, 0.717) is 12.1 Å². The molecule has 0 amide bonds. The average molecular weight is 238 g/mol. The van der Waals surface area contributed by atoms with E-state index < -0.39 is 0 Å². The standard InChI is InChI=1S/C14H26N2O/c15-14-10-8-6-4-2-1-3-5-7-9-11(14)16-13-12(14)17-13/h11-13,16H,1-10,15H2. The van der Waals surface area contributed by atoms with Crippen molar-refractivity contribution in [1.29, 1.82) is 0 Å². The zero-order valence-corrected chi connectivity index (χ0v) is 10.8. The van der Waals surface area contributed by atoms with Crippen LogP contribution >= 0.6 is 0 Å². The minimum absolute atomic E-state index is 0.0656. The summed E-state index contributed by atoms with van der Waals surface area (Å²) in [6.07, 6.45) is 14.0. The molecule has 0 aromatic heterocycles. The maximum Gasteiger partial charge on any atom is 0.137 e. The summed E-state index contributed by atoms with van der Waals surface area (Å²) in [5.41, 5.74) is 6.58. The van der Waals surface area contributed by atoms with Crippen molar-refractivity contribution < 1.29 is 4.74 Å². The van der Waals surface area contributed by atoms with Crippen molar-refractivity contribution in [2.24, 2.45) is 5.73 Å². The average Bonchev–Trinajstić information content (AvgIpc) is 3.02. The molecular weight excluding hydrogens is 212 g/mol. The van der Waals surface area contributed by atoms with Crippen molar-refractivity contribution in [3.63, 3.8) is 0 Å². The van der Waals surface area contributed by atoms with Gasteiger partial charge in [0, 0.05) is 6.04 Å². The van der Waals surface area contributed by atoms with Crippen molar-refractivity contribution >= 4 is 0 Å². The largest absolute Gasteiger partial charge is 0.351 e. The van der Waals surface area contributed by atoms with Crippen LogP contribution in [0.25, 0.3) is 0 Å². The van der Waals surface area contributed by atoms with Crippen LogP contribution in [0, 0.1) is 0 Å². The van der Waals surface area contributed by atoms with Crippen LogP contribution in [0.1, 0.15) is 64.2 Å². The topological polar surface area (TPSA) is 50.6 Å². The molecule has 1 aliphatic carbocycles. The maximum absolute atomic E-state index is 6.64. The van der Waals surface area contributed by atoms with E-state index in [1.807, 2.05) is 0 Å². The lowest BCUT2D eigenvalue weighted by molar-refractivity contribution is 0.165. The number of fused-ring (bicyclic) bond motifs is 3. The van der Waals surface area contributed by atoms with E-state index in [4.69, 9.17) is 10.5 Å². The lowest BCUT2D eigenvalue weighted by Crippen LogP contribution is -2.55. The molecular formula is C14H26N2O. The SMILES string of the molecule is NC12CCCCCCCCCCC1NC1OC12. The Hall–Kier alpha value is -0.120. The second-order valence-electron chi connectivity index (χ2n) is 6.18. The van der Waals surface area contributed by atoms with Crippen LogP contribution in [0.5, 0.6) is 0 Å². The van der Waals surface area contributed by atoms with Crippen molar-refractivity contribution in [2.75, 3.05) is 0 Å². The van der Waals surface area contributed by atoms with Gasteiger partial charge in [0.2, 0.25) is 0 Å². The molecule has 3 rings (SSSR count). The smallest absolute Gasteiger partial charge is 0.137 e. The zero-order chi connectivity index (χ0) is 11.7. The number of nitrogens with one attached hydrogen (secondary N) is 1. The molecule has 3 nitrogen and oxygen atoms in total. The van der Waals surface area contributed by atoms with Gasteiger partial charge in [0.25, 0.3) is 0 Å². The second kappa shape index (κ2) is 4.87. The van der Waals surface area contributed by atoms with Crippen LogP contribution in [-0.2, 0) is 4.74 Å². The van der Waals surface area contributed by atoms with Crippen molar-refractivity contribution in [3.05, 3.63) is 0 Å². The van der Waals surface area contributed by atoms with Crippen LogP contribution in [0.4, 0.5) is 0 Å². The fourth-order valence-corrected chi connectivity index (χ4v) is 3.71. The quantitative estimate of drug-likeness (QED) is 0.637. The van der Waals surface area contributed by atoms with Crippen LogP contribution in [0.15, 0.2) is 0 Å². The second-order valence-corrected chi connectivity index (χ2v) is 6.18. The molecule has 0 aromatic rings. The number of nitrogens with two attached hydrogens (primary N) is 1. The maximum atomic E-state index is 6.64. The van der Waals surface area contributed by atoms with Gasteiger partial charge >= 0.3 is 0 Å². The molecule has 0 radical (unpaired) electrons. The van der Waals surface area contributed by atoms with Gasteiger partial charge in [-0.05, 0) is 12.8 Å². The molecule has 2 saturated heterocycles. The Kier molecular flexibility index (Phi) is 3.42.